The number of piperidine rings is 2. The summed E-state index contributed by atoms with van der Waals surface area (Å²) in [7, 11) is 0. The van der Waals surface area contributed by atoms with Crippen LogP contribution in [0, 0.1) is 22.7 Å². The smallest absolute Gasteiger partial charge is 0.262 e. The molecule has 1 unspecified atom stereocenters. The van der Waals surface area contributed by atoms with Crippen molar-refractivity contribution in [2.45, 2.75) is 38.1 Å². The van der Waals surface area contributed by atoms with E-state index in [9.17, 15) is 29.2 Å². The molecule has 6 aliphatic rings. The van der Waals surface area contributed by atoms with Crippen LogP contribution in [0.4, 0.5) is 17.1 Å². The minimum atomic E-state index is -0.968. The van der Waals surface area contributed by atoms with Crippen LogP contribution in [0.1, 0.15) is 68.7 Å². The number of nitrogens with one attached hydrogen (secondary N) is 1. The van der Waals surface area contributed by atoms with Gasteiger partial charge in [0.25, 0.3) is 17.7 Å². The summed E-state index contributed by atoms with van der Waals surface area (Å²) in [6.07, 6.45) is 3.28. The van der Waals surface area contributed by atoms with Crippen LogP contribution < -0.4 is 20.0 Å². The van der Waals surface area contributed by atoms with Crippen molar-refractivity contribution in [3.8, 4) is 6.07 Å². The molecule has 0 saturated carbocycles. The van der Waals surface area contributed by atoms with Crippen molar-refractivity contribution in [1.82, 2.24) is 20.0 Å². The summed E-state index contributed by atoms with van der Waals surface area (Å²) < 4.78 is 0. The number of anilines is 3. The van der Waals surface area contributed by atoms with E-state index in [1.54, 1.807) is 18.2 Å². The number of piperazine rings is 1. The maximum absolute atomic E-state index is 13.5. The Morgan fingerprint density at radius 1 is 0.772 bits per heavy atom. The molecule has 9 rings (SSSR count). The van der Waals surface area contributed by atoms with Crippen molar-refractivity contribution in [3.63, 3.8) is 0 Å². The molecule has 0 radical (unpaired) electrons. The van der Waals surface area contributed by atoms with Crippen LogP contribution in [-0.2, 0) is 9.59 Å². The highest BCUT2D eigenvalue weighted by Gasteiger charge is 2.45. The average Bonchev–Trinajstić information content (AvgIpc) is 3.73. The first kappa shape index (κ1) is 37.1. The quantitative estimate of drug-likeness (QED) is 0.350. The minimum Gasteiger partial charge on any atom is -0.371 e. The molecule has 0 aliphatic carbocycles. The molecule has 5 fully saturated rings. The molecule has 6 aliphatic heterocycles. The molecule has 6 heterocycles. The molecule has 13 nitrogen and oxygen atoms in total. The van der Waals surface area contributed by atoms with E-state index in [4.69, 9.17) is 11.6 Å². The van der Waals surface area contributed by atoms with E-state index >= 15 is 0 Å². The maximum atomic E-state index is 13.5. The van der Waals surface area contributed by atoms with Gasteiger partial charge < -0.3 is 19.6 Å². The summed E-state index contributed by atoms with van der Waals surface area (Å²) in [6.45, 7) is 9.83. The molecule has 1 atom stereocenters. The van der Waals surface area contributed by atoms with E-state index in [1.807, 2.05) is 35.2 Å². The zero-order chi connectivity index (χ0) is 39.4. The predicted molar refractivity (Wildman–Crippen MR) is 214 cm³/mol. The number of rotatable bonds is 7. The van der Waals surface area contributed by atoms with Crippen molar-refractivity contribution in [2.75, 3.05) is 86.7 Å². The second-order valence-electron chi connectivity index (χ2n) is 16.5. The van der Waals surface area contributed by atoms with Gasteiger partial charge in [0.05, 0.1) is 21.7 Å². The lowest BCUT2D eigenvalue weighted by Gasteiger charge is -2.45. The molecule has 1 N–H and O–H groups in total. The highest BCUT2D eigenvalue weighted by molar-refractivity contribution is 6.32. The van der Waals surface area contributed by atoms with Crippen LogP contribution in [-0.4, -0.2) is 122 Å². The Kier molecular flexibility index (Phi) is 9.65. The third kappa shape index (κ3) is 6.99. The Morgan fingerprint density at radius 2 is 1.44 bits per heavy atom. The number of fused-ring (bicyclic) bond motifs is 1. The Bertz CT molecular complexity index is 2180. The highest BCUT2D eigenvalue weighted by atomic mass is 35.5. The third-order valence-electron chi connectivity index (χ3n) is 13.1. The molecular weight excluding hydrogens is 744 g/mol. The number of nitrogens with zero attached hydrogens (tertiary/aromatic N) is 7. The van der Waals surface area contributed by atoms with Gasteiger partial charge in [-0.3, -0.25) is 39.1 Å². The van der Waals surface area contributed by atoms with E-state index in [1.165, 1.54) is 0 Å². The van der Waals surface area contributed by atoms with Gasteiger partial charge in [-0.1, -0.05) is 11.6 Å². The Balaban J connectivity index is 0.717. The molecule has 5 saturated heterocycles. The van der Waals surface area contributed by atoms with Crippen molar-refractivity contribution in [1.29, 1.82) is 5.26 Å². The van der Waals surface area contributed by atoms with Crippen molar-refractivity contribution in [2.24, 2.45) is 11.3 Å². The standard InChI is InChI=1S/C43H45ClN8O5/c44-36-22-33(6-3-30(36)23-45)50-16-13-43(27-50)11-14-49(15-12-43)40(55)29-1-4-31(5-2-29)48-19-17-47(18-20-48)24-28-25-51(26-28)32-7-8-34-35(21-32)42(57)52(41(34)56)37-9-10-38(53)46-39(37)54/h1-8,21-22,28,37H,9-20,24-27H2,(H,46,53,54). The third-order valence-corrected chi connectivity index (χ3v) is 13.4. The maximum Gasteiger partial charge on any atom is 0.262 e. The van der Waals surface area contributed by atoms with Crippen LogP contribution in [0.25, 0.3) is 0 Å². The lowest BCUT2D eigenvalue weighted by Crippen LogP contribution is -2.55. The second kappa shape index (κ2) is 14.8. The molecule has 3 aromatic rings. The van der Waals surface area contributed by atoms with E-state index in [2.05, 4.69) is 43.1 Å². The molecule has 0 aromatic heterocycles. The normalized spacial score (nSPS) is 22.5. The van der Waals surface area contributed by atoms with E-state index in [-0.39, 0.29) is 24.2 Å². The van der Waals surface area contributed by atoms with Gasteiger partial charge in [0.1, 0.15) is 12.1 Å². The summed E-state index contributed by atoms with van der Waals surface area (Å²) in [6, 6.07) is 20.2. The summed E-state index contributed by atoms with van der Waals surface area (Å²) >= 11 is 6.31. The molecule has 1 spiro atoms. The molecule has 0 bridgehead atoms. The number of hydrogen-bond donors (Lipinski definition) is 1. The number of imide groups is 2. The zero-order valence-corrected chi connectivity index (χ0v) is 32.5. The highest BCUT2D eigenvalue weighted by Crippen LogP contribution is 2.43. The summed E-state index contributed by atoms with van der Waals surface area (Å²) in [5, 5.41) is 12.0. The molecule has 5 amide bonds. The lowest BCUT2D eigenvalue weighted by molar-refractivity contribution is -0.136. The number of likely N-dealkylation sites (tertiary alicyclic amines) is 1. The second-order valence-corrected chi connectivity index (χ2v) is 16.9. The topological polar surface area (TPSA) is 141 Å². The minimum absolute atomic E-state index is 0.0942. The first-order chi connectivity index (χ1) is 27.6. The van der Waals surface area contributed by atoms with E-state index in [0.717, 1.165) is 119 Å². The largest absolute Gasteiger partial charge is 0.371 e. The number of carbonyl (C=O) groups is 5. The molecule has 294 valence electrons. The van der Waals surface area contributed by atoms with Gasteiger partial charge in [-0.15, -0.1) is 0 Å². The molecular formula is C43H45ClN8O5. The van der Waals surface area contributed by atoms with Gasteiger partial charge in [0.2, 0.25) is 11.8 Å². The number of benzene rings is 3. The van der Waals surface area contributed by atoms with Gasteiger partial charge in [-0.05, 0) is 91.8 Å². The van der Waals surface area contributed by atoms with Crippen LogP contribution in [0.15, 0.2) is 60.7 Å². The molecule has 14 heteroatoms. The Hall–Kier alpha value is -5.45. The SMILES string of the molecule is N#Cc1ccc(N2CCC3(CCN(C(=O)c4ccc(N5CCN(CC6CN(c7ccc8c(c7)C(=O)N(C7CCC(=O)NC7=O)C8=O)C6)CC5)cc4)CC3)C2)cc1Cl. The van der Waals surface area contributed by atoms with Crippen molar-refractivity contribution >= 4 is 58.2 Å². The summed E-state index contributed by atoms with van der Waals surface area (Å²) in [4.78, 5) is 76.4. The molecule has 57 heavy (non-hydrogen) atoms. The monoisotopic (exact) mass is 788 g/mol. The predicted octanol–water partition coefficient (Wildman–Crippen LogP) is 4.00. The zero-order valence-electron chi connectivity index (χ0n) is 31.8. The number of halogens is 1. The fraction of sp³-hybridized carbons (Fsp3) is 0.442. The van der Waals surface area contributed by atoms with Gasteiger partial charge >= 0.3 is 0 Å². The number of hydrogen-bond acceptors (Lipinski definition) is 10. The number of amides is 5. The van der Waals surface area contributed by atoms with Crippen molar-refractivity contribution in [3.05, 3.63) is 87.9 Å². The van der Waals surface area contributed by atoms with Gasteiger partial charge in [0, 0.05) is 107 Å². The first-order valence-corrected chi connectivity index (χ1v) is 20.4. The average molecular weight is 789 g/mol. The fourth-order valence-electron chi connectivity index (χ4n) is 9.64. The summed E-state index contributed by atoms with van der Waals surface area (Å²) in [5.41, 5.74) is 5.10. The number of carbonyl (C=O) groups excluding carboxylic acids is 5. The van der Waals surface area contributed by atoms with Crippen molar-refractivity contribution < 1.29 is 24.0 Å². The lowest BCUT2D eigenvalue weighted by atomic mass is 9.77. The van der Waals surface area contributed by atoms with E-state index in [0.29, 0.717) is 27.6 Å². The Labute approximate surface area is 336 Å². The summed E-state index contributed by atoms with van der Waals surface area (Å²) in [5.74, 6) is -1.38. The molecule has 3 aromatic carbocycles. The fourth-order valence-corrected chi connectivity index (χ4v) is 9.86. The van der Waals surface area contributed by atoms with Crippen LogP contribution in [0.3, 0.4) is 0 Å². The van der Waals surface area contributed by atoms with Crippen LogP contribution in [0.2, 0.25) is 5.02 Å². The van der Waals surface area contributed by atoms with Gasteiger partial charge in [-0.25, -0.2) is 0 Å². The Morgan fingerprint density at radius 3 is 2.14 bits per heavy atom. The number of nitriles is 1. The first-order valence-electron chi connectivity index (χ1n) is 20.0. The van der Waals surface area contributed by atoms with Crippen LogP contribution in [0.5, 0.6) is 0 Å². The van der Waals surface area contributed by atoms with E-state index < -0.39 is 29.7 Å². The van der Waals surface area contributed by atoms with Gasteiger partial charge in [-0.2, -0.15) is 5.26 Å². The van der Waals surface area contributed by atoms with Gasteiger partial charge in [0.15, 0.2) is 0 Å². The van der Waals surface area contributed by atoms with Crippen LogP contribution >= 0.6 is 11.6 Å².